The number of anilines is 1. The lowest BCUT2D eigenvalue weighted by Gasteiger charge is -2.09. The Balaban J connectivity index is 2.03. The molecule has 3 nitrogen and oxygen atoms in total. The molecule has 0 aliphatic rings. The van der Waals surface area contributed by atoms with E-state index < -0.39 is 0 Å². The fourth-order valence-electron chi connectivity index (χ4n) is 1.83. The second kappa shape index (κ2) is 6.48. The van der Waals surface area contributed by atoms with Crippen LogP contribution in [0, 0.1) is 0 Å². The first-order chi connectivity index (χ1) is 9.22. The number of nitrogens with zero attached hydrogens (tertiary/aromatic N) is 1. The van der Waals surface area contributed by atoms with Gasteiger partial charge < -0.3 is 9.88 Å². The Hall–Kier alpha value is -1.68. The largest absolute Gasteiger partial charge is 0.380 e. The molecule has 0 amide bonds. The van der Waals surface area contributed by atoms with E-state index in [2.05, 4.69) is 35.8 Å². The molecule has 1 aromatic carbocycles. The molecule has 0 saturated heterocycles. The van der Waals surface area contributed by atoms with Gasteiger partial charge in [-0.2, -0.15) is 0 Å². The average Bonchev–Trinajstić information content (AvgIpc) is 2.47. The van der Waals surface area contributed by atoms with Crippen molar-refractivity contribution in [3.63, 3.8) is 0 Å². The van der Waals surface area contributed by atoms with Crippen molar-refractivity contribution in [3.8, 4) is 0 Å². The minimum atomic E-state index is 0.0392. The molecule has 4 heteroatoms. The molecule has 2 rings (SSSR count). The smallest absolute Gasteiger partial charge is 0.250 e. The predicted octanol–water partition coefficient (Wildman–Crippen LogP) is 3.20. The van der Waals surface area contributed by atoms with Crippen molar-refractivity contribution in [2.24, 2.45) is 0 Å². The lowest BCUT2D eigenvalue weighted by atomic mass is 10.2. The van der Waals surface area contributed by atoms with Crippen molar-refractivity contribution < 1.29 is 0 Å². The van der Waals surface area contributed by atoms with E-state index in [0.717, 1.165) is 12.2 Å². The van der Waals surface area contributed by atoms with E-state index in [-0.39, 0.29) is 5.56 Å². The molecule has 19 heavy (non-hydrogen) atoms. The van der Waals surface area contributed by atoms with Crippen molar-refractivity contribution in [1.29, 1.82) is 0 Å². The number of hydrogen-bond acceptors (Lipinski definition) is 3. The van der Waals surface area contributed by atoms with Crippen LogP contribution >= 0.6 is 11.8 Å². The zero-order chi connectivity index (χ0) is 13.7. The molecule has 0 aliphatic heterocycles. The van der Waals surface area contributed by atoms with E-state index >= 15 is 0 Å². The summed E-state index contributed by atoms with van der Waals surface area (Å²) < 4.78 is 1.69. The van der Waals surface area contributed by atoms with Crippen LogP contribution in [0.5, 0.6) is 0 Å². The van der Waals surface area contributed by atoms with Gasteiger partial charge in [0.25, 0.3) is 5.56 Å². The van der Waals surface area contributed by atoms with Gasteiger partial charge in [-0.15, -0.1) is 11.8 Å². The number of nitrogens with one attached hydrogen (secondary N) is 1. The Morgan fingerprint density at radius 3 is 2.53 bits per heavy atom. The lowest BCUT2D eigenvalue weighted by molar-refractivity contribution is 0.727. The first kappa shape index (κ1) is 13.7. The first-order valence-electron chi connectivity index (χ1n) is 6.30. The summed E-state index contributed by atoms with van der Waals surface area (Å²) >= 11 is 1.74. The number of aromatic nitrogens is 1. The molecule has 0 spiro atoms. The summed E-state index contributed by atoms with van der Waals surface area (Å²) in [5, 5.41) is 3.33. The van der Waals surface area contributed by atoms with Crippen LogP contribution in [-0.4, -0.2) is 10.8 Å². The Labute approximate surface area is 117 Å². The fraction of sp³-hybridized carbons (Fsp3) is 0.267. The standard InChI is InChI=1S/C15H18N2OS/c1-3-17-11-13(6-9-15(17)18)16-10-12-4-7-14(19-2)8-5-12/h4-9,11,16H,3,10H2,1-2H3. The van der Waals surface area contributed by atoms with Crippen LogP contribution in [0.25, 0.3) is 0 Å². The molecule has 0 bridgehead atoms. The number of rotatable bonds is 5. The summed E-state index contributed by atoms with van der Waals surface area (Å²) in [6.45, 7) is 3.42. The van der Waals surface area contributed by atoms with Gasteiger partial charge in [0.05, 0.1) is 5.69 Å². The van der Waals surface area contributed by atoms with Crippen molar-refractivity contribution in [2.75, 3.05) is 11.6 Å². The molecule has 0 aliphatic carbocycles. The number of thioether (sulfide) groups is 1. The van der Waals surface area contributed by atoms with E-state index in [1.165, 1.54) is 10.5 Å². The maximum Gasteiger partial charge on any atom is 0.250 e. The Kier molecular flexibility index (Phi) is 4.68. The van der Waals surface area contributed by atoms with E-state index in [1.54, 1.807) is 22.4 Å². The number of aryl methyl sites for hydroxylation is 1. The van der Waals surface area contributed by atoms with Crippen molar-refractivity contribution in [2.45, 2.75) is 24.9 Å². The summed E-state index contributed by atoms with van der Waals surface area (Å²) in [5.41, 5.74) is 2.24. The third kappa shape index (κ3) is 3.64. The molecule has 100 valence electrons. The minimum absolute atomic E-state index is 0.0392. The van der Waals surface area contributed by atoms with Crippen LogP contribution in [-0.2, 0) is 13.1 Å². The van der Waals surface area contributed by atoms with Gasteiger partial charge in [0, 0.05) is 30.2 Å². The normalized spacial score (nSPS) is 10.4. The monoisotopic (exact) mass is 274 g/mol. The van der Waals surface area contributed by atoms with Gasteiger partial charge in [-0.05, 0) is 36.9 Å². The maximum atomic E-state index is 11.5. The molecule has 1 heterocycles. The summed E-state index contributed by atoms with van der Waals surface area (Å²) in [5.74, 6) is 0. The second-order valence-corrected chi connectivity index (χ2v) is 5.12. The fourth-order valence-corrected chi connectivity index (χ4v) is 2.24. The highest BCUT2D eigenvalue weighted by Gasteiger charge is 1.98. The Bertz CT molecular complexity index is 590. The van der Waals surface area contributed by atoms with Crippen molar-refractivity contribution in [1.82, 2.24) is 4.57 Å². The predicted molar refractivity (Wildman–Crippen MR) is 81.9 cm³/mol. The van der Waals surface area contributed by atoms with Gasteiger partial charge in [-0.1, -0.05) is 12.1 Å². The van der Waals surface area contributed by atoms with Crippen LogP contribution < -0.4 is 10.9 Å². The van der Waals surface area contributed by atoms with Gasteiger partial charge in [-0.25, -0.2) is 0 Å². The van der Waals surface area contributed by atoms with Crippen molar-refractivity contribution >= 4 is 17.4 Å². The molecule has 0 saturated carbocycles. The SMILES string of the molecule is CCn1cc(NCc2ccc(SC)cc2)ccc1=O. The van der Waals surface area contributed by atoms with Crippen molar-refractivity contribution in [3.05, 3.63) is 58.5 Å². The van der Waals surface area contributed by atoms with E-state index in [0.29, 0.717) is 6.54 Å². The highest BCUT2D eigenvalue weighted by atomic mass is 32.2. The third-order valence-electron chi connectivity index (χ3n) is 2.98. The average molecular weight is 274 g/mol. The topological polar surface area (TPSA) is 34.0 Å². The molecule has 0 radical (unpaired) electrons. The molecular weight excluding hydrogens is 256 g/mol. The molecule has 1 aromatic heterocycles. The molecule has 0 atom stereocenters. The Morgan fingerprint density at radius 1 is 1.16 bits per heavy atom. The van der Waals surface area contributed by atoms with Crippen LogP contribution in [0.15, 0.2) is 52.3 Å². The zero-order valence-corrected chi connectivity index (χ0v) is 12.0. The zero-order valence-electron chi connectivity index (χ0n) is 11.2. The van der Waals surface area contributed by atoms with Gasteiger partial charge in [-0.3, -0.25) is 4.79 Å². The molecule has 0 unspecified atom stereocenters. The number of pyridine rings is 1. The highest BCUT2D eigenvalue weighted by molar-refractivity contribution is 7.98. The lowest BCUT2D eigenvalue weighted by Crippen LogP contribution is -2.17. The van der Waals surface area contributed by atoms with Gasteiger partial charge in [0.2, 0.25) is 0 Å². The van der Waals surface area contributed by atoms with Crippen LogP contribution in [0.2, 0.25) is 0 Å². The van der Waals surface area contributed by atoms with Crippen LogP contribution in [0.3, 0.4) is 0 Å². The summed E-state index contributed by atoms with van der Waals surface area (Å²) in [7, 11) is 0. The first-order valence-corrected chi connectivity index (χ1v) is 7.52. The summed E-state index contributed by atoms with van der Waals surface area (Å²) in [4.78, 5) is 12.7. The molecular formula is C15H18N2OS. The molecule has 0 fully saturated rings. The minimum Gasteiger partial charge on any atom is -0.380 e. The quantitative estimate of drug-likeness (QED) is 0.850. The third-order valence-corrected chi connectivity index (χ3v) is 3.72. The van der Waals surface area contributed by atoms with Gasteiger partial charge >= 0.3 is 0 Å². The molecule has 1 N–H and O–H groups in total. The van der Waals surface area contributed by atoms with Crippen LogP contribution in [0.1, 0.15) is 12.5 Å². The van der Waals surface area contributed by atoms with Gasteiger partial charge in [0.1, 0.15) is 0 Å². The second-order valence-electron chi connectivity index (χ2n) is 4.24. The Morgan fingerprint density at radius 2 is 1.89 bits per heavy atom. The van der Waals surface area contributed by atoms with E-state index in [4.69, 9.17) is 0 Å². The van der Waals surface area contributed by atoms with Gasteiger partial charge in [0.15, 0.2) is 0 Å². The van der Waals surface area contributed by atoms with E-state index in [9.17, 15) is 4.79 Å². The van der Waals surface area contributed by atoms with E-state index in [1.807, 2.05) is 19.2 Å². The summed E-state index contributed by atoms with van der Waals surface area (Å²) in [6.07, 6.45) is 3.93. The number of benzene rings is 1. The van der Waals surface area contributed by atoms with Crippen LogP contribution in [0.4, 0.5) is 5.69 Å². The molecule has 2 aromatic rings. The summed E-state index contributed by atoms with van der Waals surface area (Å²) in [6, 6.07) is 11.9. The number of hydrogen-bond donors (Lipinski definition) is 1. The maximum absolute atomic E-state index is 11.5. The highest BCUT2D eigenvalue weighted by Crippen LogP contribution is 2.15.